The van der Waals surface area contributed by atoms with E-state index in [4.69, 9.17) is 0 Å². The van der Waals surface area contributed by atoms with Crippen LogP contribution in [0.25, 0.3) is 22.6 Å². The molecule has 146 valence electrons. The Labute approximate surface area is 172 Å². The molecule has 3 aromatic carbocycles. The molecule has 0 saturated heterocycles. The van der Waals surface area contributed by atoms with E-state index in [1.54, 1.807) is 30.3 Å². The van der Waals surface area contributed by atoms with Gasteiger partial charge in [0.25, 0.3) is 0 Å². The number of carbonyl (C=O) groups excluding carboxylic acids is 1. The molecule has 0 amide bonds. The molecule has 0 unspecified atom stereocenters. The Morgan fingerprint density at radius 3 is 2.57 bits per heavy atom. The number of carboxylic acid groups (broad SMARTS) is 1. The summed E-state index contributed by atoms with van der Waals surface area (Å²) >= 11 is 0. The molecule has 1 heterocycles. The molecule has 0 aliphatic heterocycles. The number of halogens is 1. The van der Waals surface area contributed by atoms with E-state index in [2.05, 4.69) is 6.07 Å². The molecule has 0 aliphatic rings. The lowest BCUT2D eigenvalue weighted by atomic mass is 10.0. The monoisotopic (exact) mass is 395 g/mol. The van der Waals surface area contributed by atoms with Crippen molar-refractivity contribution in [1.82, 2.24) is 4.57 Å². The van der Waals surface area contributed by atoms with Crippen LogP contribution in [-0.2, 0) is 6.54 Å². The van der Waals surface area contributed by atoms with Gasteiger partial charge in [0.1, 0.15) is 5.82 Å². The number of carbonyl (C=O) groups is 1. The van der Waals surface area contributed by atoms with Crippen LogP contribution in [0.2, 0.25) is 0 Å². The third-order valence-corrected chi connectivity index (χ3v) is 4.89. The minimum absolute atomic E-state index is 0.127. The average Bonchev–Trinajstić information content (AvgIpc) is 3.09. The molecule has 4 rings (SSSR count). The van der Waals surface area contributed by atoms with Gasteiger partial charge >= 0.3 is 0 Å². The number of benzene rings is 3. The van der Waals surface area contributed by atoms with Gasteiger partial charge in [-0.1, -0.05) is 48.5 Å². The van der Waals surface area contributed by atoms with E-state index in [1.807, 2.05) is 41.1 Å². The van der Waals surface area contributed by atoms with Crippen molar-refractivity contribution in [1.29, 1.82) is 5.26 Å². The minimum atomic E-state index is -1.22. The van der Waals surface area contributed by atoms with Gasteiger partial charge in [-0.3, -0.25) is 0 Å². The fourth-order valence-corrected chi connectivity index (χ4v) is 3.51. The highest BCUT2D eigenvalue weighted by atomic mass is 19.1. The molecule has 4 aromatic rings. The third-order valence-electron chi connectivity index (χ3n) is 4.89. The summed E-state index contributed by atoms with van der Waals surface area (Å²) in [6, 6.07) is 22.5. The zero-order valence-electron chi connectivity index (χ0n) is 15.9. The number of carboxylic acids is 1. The summed E-state index contributed by atoms with van der Waals surface area (Å²) < 4.78 is 15.6. The number of rotatable bonds is 5. The van der Waals surface area contributed by atoms with Gasteiger partial charge in [0.2, 0.25) is 0 Å². The van der Waals surface area contributed by atoms with Crippen LogP contribution in [0.4, 0.5) is 4.39 Å². The fraction of sp³-hybridized carbons (Fsp3) is 0.0400. The number of nitriles is 1. The number of allylic oxidation sites excluding steroid dienone is 1. The Kier molecular flexibility index (Phi) is 5.15. The largest absolute Gasteiger partial charge is 0.545 e. The van der Waals surface area contributed by atoms with Crippen molar-refractivity contribution < 1.29 is 14.3 Å². The van der Waals surface area contributed by atoms with E-state index >= 15 is 0 Å². The van der Waals surface area contributed by atoms with Crippen LogP contribution >= 0.6 is 0 Å². The van der Waals surface area contributed by atoms with E-state index in [1.165, 1.54) is 18.2 Å². The molecule has 0 radical (unpaired) electrons. The van der Waals surface area contributed by atoms with Gasteiger partial charge in [0.15, 0.2) is 0 Å². The third kappa shape index (κ3) is 3.85. The minimum Gasteiger partial charge on any atom is -0.545 e. The van der Waals surface area contributed by atoms with E-state index in [9.17, 15) is 19.6 Å². The first kappa shape index (κ1) is 19.2. The summed E-state index contributed by atoms with van der Waals surface area (Å²) in [4.78, 5) is 11.2. The van der Waals surface area contributed by atoms with Crippen molar-refractivity contribution in [2.45, 2.75) is 6.54 Å². The number of aromatic carboxylic acids is 1. The lowest BCUT2D eigenvalue weighted by molar-refractivity contribution is -0.255. The smallest absolute Gasteiger partial charge is 0.123 e. The maximum atomic E-state index is 13.6. The second-order valence-corrected chi connectivity index (χ2v) is 6.90. The molecule has 30 heavy (non-hydrogen) atoms. The Bertz CT molecular complexity index is 1330. The number of hydrogen-bond acceptors (Lipinski definition) is 3. The Morgan fingerprint density at radius 2 is 1.80 bits per heavy atom. The van der Waals surface area contributed by atoms with Crippen LogP contribution in [-0.4, -0.2) is 10.5 Å². The average molecular weight is 395 g/mol. The van der Waals surface area contributed by atoms with Crippen LogP contribution in [0.3, 0.4) is 0 Å². The molecule has 0 aliphatic carbocycles. The normalized spacial score (nSPS) is 11.4. The topological polar surface area (TPSA) is 68.8 Å². The number of para-hydroxylation sites is 1. The number of hydrogen-bond donors (Lipinski definition) is 0. The van der Waals surface area contributed by atoms with Gasteiger partial charge in [0, 0.05) is 29.2 Å². The first-order chi connectivity index (χ1) is 14.5. The van der Waals surface area contributed by atoms with Gasteiger partial charge in [0.05, 0.1) is 17.6 Å². The predicted molar refractivity (Wildman–Crippen MR) is 112 cm³/mol. The summed E-state index contributed by atoms with van der Waals surface area (Å²) in [6.45, 7) is 0.456. The van der Waals surface area contributed by atoms with Gasteiger partial charge in [-0.2, -0.15) is 5.26 Å². The van der Waals surface area contributed by atoms with E-state index in [-0.39, 0.29) is 5.56 Å². The van der Waals surface area contributed by atoms with Crippen molar-refractivity contribution in [2.24, 2.45) is 0 Å². The van der Waals surface area contributed by atoms with Crippen LogP contribution in [0.15, 0.2) is 79.0 Å². The lowest BCUT2D eigenvalue weighted by Crippen LogP contribution is -2.22. The number of nitrogens with zero attached hydrogens (tertiary/aromatic N) is 2. The summed E-state index contributed by atoms with van der Waals surface area (Å²) in [5.41, 5.74) is 3.58. The van der Waals surface area contributed by atoms with Crippen LogP contribution in [0.5, 0.6) is 0 Å². The molecule has 0 bridgehead atoms. The highest BCUT2D eigenvalue weighted by Crippen LogP contribution is 2.27. The molecule has 0 N–H and O–H groups in total. The second kappa shape index (κ2) is 8.06. The molecule has 5 heteroatoms. The van der Waals surface area contributed by atoms with Crippen molar-refractivity contribution in [3.63, 3.8) is 0 Å². The molecule has 0 spiro atoms. The lowest BCUT2D eigenvalue weighted by Gasteiger charge is -2.08. The Hall–Kier alpha value is -4.17. The highest BCUT2D eigenvalue weighted by molar-refractivity contribution is 5.98. The molecule has 0 saturated carbocycles. The fourth-order valence-electron chi connectivity index (χ4n) is 3.51. The second-order valence-electron chi connectivity index (χ2n) is 6.90. The maximum absolute atomic E-state index is 13.6. The summed E-state index contributed by atoms with van der Waals surface area (Å²) in [5.74, 6) is -1.62. The summed E-state index contributed by atoms with van der Waals surface area (Å²) in [7, 11) is 0. The first-order valence-electron chi connectivity index (χ1n) is 9.31. The maximum Gasteiger partial charge on any atom is 0.123 e. The van der Waals surface area contributed by atoms with Gasteiger partial charge in [-0.05, 0) is 47.0 Å². The van der Waals surface area contributed by atoms with Crippen molar-refractivity contribution in [3.8, 4) is 6.07 Å². The zero-order valence-corrected chi connectivity index (χ0v) is 15.9. The Morgan fingerprint density at radius 1 is 1.03 bits per heavy atom. The van der Waals surface area contributed by atoms with Crippen LogP contribution in [0, 0.1) is 17.1 Å². The van der Waals surface area contributed by atoms with Gasteiger partial charge in [-0.15, -0.1) is 0 Å². The highest BCUT2D eigenvalue weighted by Gasteiger charge is 2.10. The number of aromatic nitrogens is 1. The molecule has 0 fully saturated rings. The Balaban J connectivity index is 1.79. The zero-order chi connectivity index (χ0) is 21.1. The van der Waals surface area contributed by atoms with Crippen LogP contribution < -0.4 is 5.11 Å². The van der Waals surface area contributed by atoms with E-state index < -0.39 is 11.8 Å². The van der Waals surface area contributed by atoms with Gasteiger partial charge in [-0.25, -0.2) is 4.39 Å². The molecule has 1 aromatic heterocycles. The van der Waals surface area contributed by atoms with Crippen LogP contribution in [0.1, 0.15) is 27.0 Å². The quantitative estimate of drug-likeness (QED) is 0.474. The van der Waals surface area contributed by atoms with E-state index in [0.717, 1.165) is 22.0 Å². The van der Waals surface area contributed by atoms with Crippen molar-refractivity contribution in [3.05, 3.63) is 107 Å². The SMILES string of the molecule is N#C/C(=C/c1cn(Cc2cccc(C(=O)[O-])c2)c2ccccc12)c1cccc(F)c1. The molecule has 4 nitrogen and oxygen atoms in total. The molecule has 0 atom stereocenters. The van der Waals surface area contributed by atoms with E-state index in [0.29, 0.717) is 17.7 Å². The molecular weight excluding hydrogens is 379 g/mol. The number of fused-ring (bicyclic) bond motifs is 1. The van der Waals surface area contributed by atoms with Crippen molar-refractivity contribution >= 4 is 28.5 Å². The first-order valence-corrected chi connectivity index (χ1v) is 9.31. The van der Waals surface area contributed by atoms with Gasteiger partial charge < -0.3 is 14.5 Å². The summed E-state index contributed by atoms with van der Waals surface area (Å²) in [6.07, 6.45) is 3.65. The predicted octanol–water partition coefficient (Wildman–Crippen LogP) is 4.26. The van der Waals surface area contributed by atoms with Crippen molar-refractivity contribution in [2.75, 3.05) is 0 Å². The summed E-state index contributed by atoms with van der Waals surface area (Å²) in [5, 5.41) is 21.7. The molecular formula is C25H16FN2O2-. The standard InChI is InChI=1S/C25H17FN2O2/c26-22-8-4-6-18(13-22)20(14-27)12-21-16-28(24-10-2-1-9-23(21)24)15-17-5-3-7-19(11-17)25(29)30/h1-13,16H,15H2,(H,29,30)/p-1/b20-12-.